The van der Waals surface area contributed by atoms with E-state index in [2.05, 4.69) is 15.2 Å². The number of aromatic amines is 1. The Morgan fingerprint density at radius 3 is 2.88 bits per heavy atom. The van der Waals surface area contributed by atoms with E-state index < -0.39 is 0 Å². The van der Waals surface area contributed by atoms with Crippen molar-refractivity contribution in [1.29, 1.82) is 0 Å². The standard InChI is InChI=1S/C17H20N4O3S2/c1-4-21-16(22)19-20-17(21)26-10-12-9-25-15(18-12)11-6-7-13(24-5-2)14(8-11)23-3/h6-9H,4-5,10H2,1-3H3,(H,19,22). The van der Waals surface area contributed by atoms with Gasteiger partial charge in [0.25, 0.3) is 0 Å². The topological polar surface area (TPSA) is 82.0 Å². The molecule has 3 aromatic rings. The Morgan fingerprint density at radius 2 is 2.15 bits per heavy atom. The maximum absolute atomic E-state index is 11.6. The van der Waals surface area contributed by atoms with E-state index in [1.165, 1.54) is 11.8 Å². The van der Waals surface area contributed by atoms with Crippen LogP contribution in [-0.2, 0) is 12.3 Å². The first-order valence-electron chi connectivity index (χ1n) is 8.19. The Bertz CT molecular complexity index is 932. The maximum Gasteiger partial charge on any atom is 0.343 e. The molecule has 0 amide bonds. The van der Waals surface area contributed by atoms with Crippen LogP contribution in [0.15, 0.2) is 33.5 Å². The predicted octanol–water partition coefficient (Wildman–Crippen LogP) is 3.41. The largest absolute Gasteiger partial charge is 0.493 e. The molecule has 1 aromatic carbocycles. The minimum atomic E-state index is -0.185. The zero-order valence-electron chi connectivity index (χ0n) is 14.8. The molecule has 0 radical (unpaired) electrons. The van der Waals surface area contributed by atoms with Crippen molar-refractivity contribution in [2.75, 3.05) is 13.7 Å². The number of aromatic nitrogens is 4. The first-order chi connectivity index (χ1) is 12.7. The van der Waals surface area contributed by atoms with Crippen LogP contribution in [0.4, 0.5) is 0 Å². The van der Waals surface area contributed by atoms with Gasteiger partial charge in [-0.25, -0.2) is 14.9 Å². The van der Waals surface area contributed by atoms with Crippen molar-refractivity contribution in [2.24, 2.45) is 0 Å². The molecule has 26 heavy (non-hydrogen) atoms. The van der Waals surface area contributed by atoms with E-state index in [4.69, 9.17) is 9.47 Å². The second-order valence-electron chi connectivity index (χ2n) is 5.29. The van der Waals surface area contributed by atoms with Gasteiger partial charge in [-0.15, -0.1) is 16.4 Å². The van der Waals surface area contributed by atoms with Crippen LogP contribution >= 0.6 is 23.1 Å². The van der Waals surface area contributed by atoms with Gasteiger partial charge in [-0.2, -0.15) is 0 Å². The third kappa shape index (κ3) is 3.94. The molecule has 0 saturated heterocycles. The van der Waals surface area contributed by atoms with Crippen LogP contribution in [0.1, 0.15) is 19.5 Å². The molecular formula is C17H20N4O3S2. The third-order valence-electron chi connectivity index (χ3n) is 3.65. The van der Waals surface area contributed by atoms with Crippen LogP contribution < -0.4 is 15.2 Å². The number of hydrogen-bond acceptors (Lipinski definition) is 7. The molecule has 0 aliphatic carbocycles. The van der Waals surface area contributed by atoms with Gasteiger partial charge in [0.2, 0.25) is 0 Å². The average molecular weight is 393 g/mol. The molecule has 0 saturated carbocycles. The normalized spacial score (nSPS) is 10.9. The van der Waals surface area contributed by atoms with E-state index >= 15 is 0 Å². The van der Waals surface area contributed by atoms with Gasteiger partial charge in [0.1, 0.15) is 5.01 Å². The highest BCUT2D eigenvalue weighted by Crippen LogP contribution is 2.34. The molecule has 0 spiro atoms. The van der Waals surface area contributed by atoms with Crippen LogP contribution in [0.2, 0.25) is 0 Å². The van der Waals surface area contributed by atoms with Crippen molar-refractivity contribution in [2.45, 2.75) is 31.3 Å². The summed E-state index contributed by atoms with van der Waals surface area (Å²) in [5.41, 5.74) is 1.74. The SMILES string of the molecule is CCOc1ccc(-c2nc(CSc3n[nH]c(=O)n3CC)cs2)cc1OC. The molecule has 138 valence electrons. The minimum Gasteiger partial charge on any atom is -0.493 e. The summed E-state index contributed by atoms with van der Waals surface area (Å²) in [5.74, 6) is 2.07. The van der Waals surface area contributed by atoms with Crippen molar-refractivity contribution < 1.29 is 9.47 Å². The molecule has 0 aliphatic heterocycles. The van der Waals surface area contributed by atoms with Gasteiger partial charge in [-0.3, -0.25) is 4.57 Å². The van der Waals surface area contributed by atoms with E-state index in [1.807, 2.05) is 37.4 Å². The van der Waals surface area contributed by atoms with Crippen LogP contribution in [0.25, 0.3) is 10.6 Å². The summed E-state index contributed by atoms with van der Waals surface area (Å²) in [6.45, 7) is 5.03. The highest BCUT2D eigenvalue weighted by molar-refractivity contribution is 7.98. The zero-order chi connectivity index (χ0) is 18.5. The number of nitrogens with one attached hydrogen (secondary N) is 1. The lowest BCUT2D eigenvalue weighted by Crippen LogP contribution is -2.16. The third-order valence-corrected chi connectivity index (χ3v) is 5.60. The lowest BCUT2D eigenvalue weighted by molar-refractivity contribution is 0.311. The lowest BCUT2D eigenvalue weighted by Gasteiger charge is -2.09. The number of nitrogens with zero attached hydrogens (tertiary/aromatic N) is 3. The molecule has 2 aromatic heterocycles. The Labute approximate surface area is 159 Å². The predicted molar refractivity (Wildman–Crippen MR) is 103 cm³/mol. The van der Waals surface area contributed by atoms with Gasteiger partial charge in [0.05, 0.1) is 19.4 Å². The average Bonchev–Trinajstić information content (AvgIpc) is 3.27. The fraction of sp³-hybridized carbons (Fsp3) is 0.353. The summed E-state index contributed by atoms with van der Waals surface area (Å²) in [6.07, 6.45) is 0. The molecule has 1 N–H and O–H groups in total. The summed E-state index contributed by atoms with van der Waals surface area (Å²) in [5, 5.41) is 10.1. The van der Waals surface area contributed by atoms with Crippen molar-refractivity contribution in [3.63, 3.8) is 0 Å². The fourth-order valence-corrected chi connectivity index (χ4v) is 4.24. The summed E-state index contributed by atoms with van der Waals surface area (Å²) in [6, 6.07) is 5.81. The Kier molecular flexibility index (Phi) is 6.00. The zero-order valence-corrected chi connectivity index (χ0v) is 16.4. The van der Waals surface area contributed by atoms with Gasteiger partial charge in [0.15, 0.2) is 16.7 Å². The molecule has 3 rings (SSSR count). The summed E-state index contributed by atoms with van der Waals surface area (Å²) >= 11 is 3.06. The Hall–Kier alpha value is -2.26. The molecule has 2 heterocycles. The molecule has 7 nitrogen and oxygen atoms in total. The van der Waals surface area contributed by atoms with Crippen molar-refractivity contribution in [1.82, 2.24) is 19.7 Å². The number of methoxy groups -OCH3 is 1. The van der Waals surface area contributed by atoms with Gasteiger partial charge in [-0.1, -0.05) is 11.8 Å². The van der Waals surface area contributed by atoms with Crippen molar-refractivity contribution in [3.8, 4) is 22.1 Å². The second-order valence-corrected chi connectivity index (χ2v) is 7.09. The number of ether oxygens (including phenoxy) is 2. The maximum atomic E-state index is 11.6. The highest BCUT2D eigenvalue weighted by Gasteiger charge is 2.12. The lowest BCUT2D eigenvalue weighted by atomic mass is 10.2. The van der Waals surface area contributed by atoms with Gasteiger partial charge >= 0.3 is 5.69 Å². The number of H-pyrrole nitrogens is 1. The van der Waals surface area contributed by atoms with Crippen LogP contribution in [0.3, 0.4) is 0 Å². The van der Waals surface area contributed by atoms with E-state index in [0.717, 1.165) is 22.0 Å². The summed E-state index contributed by atoms with van der Waals surface area (Å²) in [7, 11) is 1.63. The Morgan fingerprint density at radius 1 is 1.31 bits per heavy atom. The van der Waals surface area contributed by atoms with E-state index in [1.54, 1.807) is 23.0 Å². The quantitative estimate of drug-likeness (QED) is 0.592. The smallest absolute Gasteiger partial charge is 0.343 e. The molecule has 0 atom stereocenters. The first-order valence-corrected chi connectivity index (χ1v) is 10.1. The molecule has 0 unspecified atom stereocenters. The summed E-state index contributed by atoms with van der Waals surface area (Å²) < 4.78 is 12.6. The monoisotopic (exact) mass is 392 g/mol. The minimum absolute atomic E-state index is 0.185. The highest BCUT2D eigenvalue weighted by atomic mass is 32.2. The molecule has 0 fully saturated rings. The molecule has 0 bridgehead atoms. The van der Waals surface area contributed by atoms with Crippen molar-refractivity contribution in [3.05, 3.63) is 39.8 Å². The number of thiazole rings is 1. The summed E-state index contributed by atoms with van der Waals surface area (Å²) in [4.78, 5) is 16.3. The molecule has 9 heteroatoms. The number of benzene rings is 1. The molecular weight excluding hydrogens is 372 g/mol. The van der Waals surface area contributed by atoms with Gasteiger partial charge in [-0.05, 0) is 32.0 Å². The van der Waals surface area contributed by atoms with E-state index in [-0.39, 0.29) is 5.69 Å². The molecule has 0 aliphatic rings. The van der Waals surface area contributed by atoms with E-state index in [0.29, 0.717) is 29.8 Å². The first kappa shape index (κ1) is 18.5. The van der Waals surface area contributed by atoms with Crippen LogP contribution in [0, 0.1) is 0 Å². The number of hydrogen-bond donors (Lipinski definition) is 1. The van der Waals surface area contributed by atoms with Gasteiger partial charge in [0, 0.05) is 23.2 Å². The fourth-order valence-electron chi connectivity index (χ4n) is 2.41. The van der Waals surface area contributed by atoms with Crippen LogP contribution in [-0.4, -0.2) is 33.5 Å². The van der Waals surface area contributed by atoms with Gasteiger partial charge < -0.3 is 9.47 Å². The Balaban J connectivity index is 1.74. The van der Waals surface area contributed by atoms with Crippen molar-refractivity contribution >= 4 is 23.1 Å². The number of thioether (sulfide) groups is 1. The second kappa shape index (κ2) is 8.41. The number of rotatable bonds is 8. The van der Waals surface area contributed by atoms with Crippen LogP contribution in [0.5, 0.6) is 11.5 Å². The van der Waals surface area contributed by atoms with E-state index in [9.17, 15) is 4.79 Å².